The van der Waals surface area contributed by atoms with Crippen LogP contribution in [-0.2, 0) is 6.18 Å². The standard InChI is InChI=1S/C25H22ClF3N4/c26-16-2-8-20-22(10-12-31-24(20)14-16)33-18-5-3-17(4-6-18)32-21-9-11-30-23-13-15(25(27,28)29)1-7-19(21)23/h1-2,7-14,17-18H,3-6H2,(H,30,32)(H,31,33). The number of rotatable bonds is 4. The summed E-state index contributed by atoms with van der Waals surface area (Å²) in [5.41, 5.74) is 2.39. The van der Waals surface area contributed by atoms with Gasteiger partial charge in [0, 0.05) is 51.6 Å². The van der Waals surface area contributed by atoms with Gasteiger partial charge in [-0.1, -0.05) is 17.7 Å². The quantitative estimate of drug-likeness (QED) is 0.329. The predicted octanol–water partition coefficient (Wildman–Crippen LogP) is 7.29. The molecule has 0 atom stereocenters. The lowest BCUT2D eigenvalue weighted by Gasteiger charge is -2.31. The van der Waals surface area contributed by atoms with Crippen molar-refractivity contribution < 1.29 is 13.2 Å². The molecule has 8 heteroatoms. The molecule has 1 aliphatic rings. The van der Waals surface area contributed by atoms with Crippen molar-refractivity contribution in [2.75, 3.05) is 10.6 Å². The van der Waals surface area contributed by atoms with Gasteiger partial charge in [-0.2, -0.15) is 13.2 Å². The molecule has 2 N–H and O–H groups in total. The Kier molecular flexibility index (Phi) is 5.74. The summed E-state index contributed by atoms with van der Waals surface area (Å²) in [7, 11) is 0. The molecule has 0 amide bonds. The third-order valence-corrected chi connectivity index (χ3v) is 6.46. The van der Waals surface area contributed by atoms with Gasteiger partial charge in [0.1, 0.15) is 0 Å². The summed E-state index contributed by atoms with van der Waals surface area (Å²) in [6.07, 6.45) is 2.84. The van der Waals surface area contributed by atoms with Crippen LogP contribution in [0.15, 0.2) is 60.9 Å². The summed E-state index contributed by atoms with van der Waals surface area (Å²) in [5, 5.41) is 9.59. The maximum Gasteiger partial charge on any atom is 0.416 e. The molecule has 2 aromatic carbocycles. The average molecular weight is 471 g/mol. The van der Waals surface area contributed by atoms with Gasteiger partial charge in [-0.3, -0.25) is 9.97 Å². The maximum absolute atomic E-state index is 13.0. The van der Waals surface area contributed by atoms with E-state index in [2.05, 4.69) is 20.6 Å². The van der Waals surface area contributed by atoms with Gasteiger partial charge in [-0.25, -0.2) is 0 Å². The lowest BCUT2D eigenvalue weighted by molar-refractivity contribution is -0.137. The molecule has 33 heavy (non-hydrogen) atoms. The molecule has 0 radical (unpaired) electrons. The summed E-state index contributed by atoms with van der Waals surface area (Å²) in [6, 6.07) is 13.8. The van der Waals surface area contributed by atoms with E-state index in [1.165, 1.54) is 6.07 Å². The summed E-state index contributed by atoms with van der Waals surface area (Å²) >= 11 is 6.09. The molecule has 1 fully saturated rings. The number of nitrogens with one attached hydrogen (secondary N) is 2. The number of aromatic nitrogens is 2. The first-order valence-corrected chi connectivity index (χ1v) is 11.3. The van der Waals surface area contributed by atoms with Gasteiger partial charge in [0.15, 0.2) is 0 Å². The van der Waals surface area contributed by atoms with Crippen LogP contribution in [0.3, 0.4) is 0 Å². The monoisotopic (exact) mass is 470 g/mol. The van der Waals surface area contributed by atoms with Gasteiger partial charge >= 0.3 is 6.18 Å². The van der Waals surface area contributed by atoms with E-state index in [4.69, 9.17) is 11.6 Å². The Bertz CT molecular complexity index is 1300. The number of alkyl halides is 3. The van der Waals surface area contributed by atoms with E-state index in [0.717, 1.165) is 60.1 Å². The lowest BCUT2D eigenvalue weighted by atomic mass is 9.90. The van der Waals surface area contributed by atoms with E-state index in [9.17, 15) is 13.2 Å². The minimum absolute atomic E-state index is 0.254. The molecule has 0 aliphatic heterocycles. The van der Waals surface area contributed by atoms with Crippen LogP contribution in [0, 0.1) is 0 Å². The highest BCUT2D eigenvalue weighted by Crippen LogP contribution is 2.34. The Labute approximate surface area is 194 Å². The van der Waals surface area contributed by atoms with Crippen molar-refractivity contribution in [1.29, 1.82) is 0 Å². The SMILES string of the molecule is FC(F)(F)c1ccc2c(NC3CCC(Nc4ccnc5cc(Cl)ccc45)CC3)ccnc2c1. The second kappa shape index (κ2) is 8.71. The number of benzene rings is 2. The number of pyridine rings is 2. The highest BCUT2D eigenvalue weighted by atomic mass is 35.5. The fraction of sp³-hybridized carbons (Fsp3) is 0.280. The molecule has 1 saturated carbocycles. The van der Waals surface area contributed by atoms with Crippen LogP contribution in [0.25, 0.3) is 21.8 Å². The number of anilines is 2. The normalized spacial score (nSPS) is 19.0. The number of fused-ring (bicyclic) bond motifs is 2. The topological polar surface area (TPSA) is 49.8 Å². The van der Waals surface area contributed by atoms with Gasteiger partial charge < -0.3 is 10.6 Å². The maximum atomic E-state index is 13.0. The third-order valence-electron chi connectivity index (χ3n) is 6.22. The van der Waals surface area contributed by atoms with Crippen LogP contribution in [0.4, 0.5) is 24.5 Å². The Hall–Kier alpha value is -3.06. The van der Waals surface area contributed by atoms with Gasteiger partial charge in [-0.05, 0) is 68.1 Å². The second-order valence-corrected chi connectivity index (χ2v) is 8.88. The van der Waals surface area contributed by atoms with Crippen LogP contribution in [0.1, 0.15) is 31.2 Å². The number of nitrogens with zero attached hydrogens (tertiary/aromatic N) is 2. The summed E-state index contributed by atoms with van der Waals surface area (Å²) in [5.74, 6) is 0. The largest absolute Gasteiger partial charge is 0.416 e. The van der Waals surface area contributed by atoms with E-state index in [-0.39, 0.29) is 6.04 Å². The van der Waals surface area contributed by atoms with E-state index in [0.29, 0.717) is 22.0 Å². The summed E-state index contributed by atoms with van der Waals surface area (Å²) in [6.45, 7) is 0. The van der Waals surface area contributed by atoms with Crippen LogP contribution >= 0.6 is 11.6 Å². The zero-order chi connectivity index (χ0) is 23.0. The van der Waals surface area contributed by atoms with E-state index < -0.39 is 11.7 Å². The molecule has 5 rings (SSSR count). The van der Waals surface area contributed by atoms with Crippen molar-refractivity contribution in [3.63, 3.8) is 0 Å². The fourth-order valence-corrected chi connectivity index (χ4v) is 4.69. The molecular formula is C25H22ClF3N4. The molecule has 0 spiro atoms. The van der Waals surface area contributed by atoms with Crippen LogP contribution in [0.5, 0.6) is 0 Å². The number of hydrogen-bond acceptors (Lipinski definition) is 4. The lowest BCUT2D eigenvalue weighted by Crippen LogP contribution is -2.32. The molecule has 170 valence electrons. The summed E-state index contributed by atoms with van der Waals surface area (Å²) in [4.78, 5) is 8.53. The smallest absolute Gasteiger partial charge is 0.382 e. The van der Waals surface area contributed by atoms with Crippen molar-refractivity contribution in [1.82, 2.24) is 9.97 Å². The molecular weight excluding hydrogens is 449 g/mol. The Balaban J connectivity index is 1.25. The van der Waals surface area contributed by atoms with Crippen LogP contribution < -0.4 is 10.6 Å². The Morgan fingerprint density at radius 2 is 1.24 bits per heavy atom. The zero-order valence-electron chi connectivity index (χ0n) is 17.7. The third kappa shape index (κ3) is 4.69. The van der Waals surface area contributed by atoms with Gasteiger partial charge in [0.2, 0.25) is 0 Å². The first kappa shape index (κ1) is 21.8. The predicted molar refractivity (Wildman–Crippen MR) is 127 cm³/mol. The molecule has 0 bridgehead atoms. The minimum Gasteiger partial charge on any atom is -0.382 e. The van der Waals surface area contributed by atoms with Crippen molar-refractivity contribution in [3.05, 3.63) is 71.5 Å². The number of halogens is 4. The van der Waals surface area contributed by atoms with Crippen LogP contribution in [0.2, 0.25) is 5.02 Å². The van der Waals surface area contributed by atoms with Crippen molar-refractivity contribution >= 4 is 44.8 Å². The molecule has 2 aromatic heterocycles. The highest BCUT2D eigenvalue weighted by Gasteiger charge is 2.31. The molecule has 1 aliphatic carbocycles. The van der Waals surface area contributed by atoms with Gasteiger partial charge in [0.05, 0.1) is 16.6 Å². The zero-order valence-corrected chi connectivity index (χ0v) is 18.4. The van der Waals surface area contributed by atoms with Gasteiger partial charge in [0.25, 0.3) is 0 Å². The minimum atomic E-state index is -4.38. The highest BCUT2D eigenvalue weighted by molar-refractivity contribution is 6.31. The second-order valence-electron chi connectivity index (χ2n) is 8.45. The van der Waals surface area contributed by atoms with Crippen molar-refractivity contribution in [3.8, 4) is 0 Å². The molecule has 0 saturated heterocycles. The first-order chi connectivity index (χ1) is 15.9. The average Bonchev–Trinajstić information content (AvgIpc) is 2.79. The van der Waals surface area contributed by atoms with Crippen molar-refractivity contribution in [2.24, 2.45) is 0 Å². The molecule has 0 unspecified atom stereocenters. The molecule has 2 heterocycles. The molecule has 4 aromatic rings. The fourth-order valence-electron chi connectivity index (χ4n) is 4.52. The Morgan fingerprint density at radius 1 is 0.727 bits per heavy atom. The number of hydrogen-bond donors (Lipinski definition) is 2. The first-order valence-electron chi connectivity index (χ1n) is 10.9. The summed E-state index contributed by atoms with van der Waals surface area (Å²) < 4.78 is 39.1. The molecule has 4 nitrogen and oxygen atoms in total. The van der Waals surface area contributed by atoms with Gasteiger partial charge in [-0.15, -0.1) is 0 Å². The van der Waals surface area contributed by atoms with E-state index >= 15 is 0 Å². The van der Waals surface area contributed by atoms with Crippen LogP contribution in [-0.4, -0.2) is 22.1 Å². The van der Waals surface area contributed by atoms with Crippen molar-refractivity contribution in [2.45, 2.75) is 43.9 Å². The van der Waals surface area contributed by atoms with E-state index in [1.54, 1.807) is 12.4 Å². The Morgan fingerprint density at radius 3 is 1.79 bits per heavy atom. The van der Waals surface area contributed by atoms with E-state index in [1.807, 2.05) is 30.3 Å².